The third-order valence-corrected chi connectivity index (χ3v) is 5.69. The first-order valence-corrected chi connectivity index (χ1v) is 9.71. The van der Waals surface area contributed by atoms with E-state index in [0.29, 0.717) is 6.61 Å². The molecule has 154 valence electrons. The highest BCUT2D eigenvalue weighted by atomic mass is 16.7. The zero-order valence-corrected chi connectivity index (χ0v) is 17.0. The third kappa shape index (κ3) is 3.92. The predicted molar refractivity (Wildman–Crippen MR) is 101 cm³/mol. The molecular weight excluding hydrogens is 362 g/mol. The van der Waals surface area contributed by atoms with Crippen LogP contribution in [0.2, 0.25) is 0 Å². The van der Waals surface area contributed by atoms with Crippen molar-refractivity contribution in [2.45, 2.75) is 64.8 Å². The molecule has 2 amide bonds. The van der Waals surface area contributed by atoms with Gasteiger partial charge in [-0.2, -0.15) is 0 Å². The number of cyclic esters (lactones) is 1. The molecule has 0 radical (unpaired) electrons. The molecule has 0 aromatic heterocycles. The normalized spacial score (nSPS) is 30.0. The van der Waals surface area contributed by atoms with Crippen LogP contribution in [-0.2, 0) is 19.0 Å². The first-order valence-electron chi connectivity index (χ1n) is 9.71. The fraction of sp³-hybridized carbons (Fsp3) is 0.619. The number of aliphatic hydroxyl groups excluding tert-OH is 1. The van der Waals surface area contributed by atoms with Crippen molar-refractivity contribution in [3.05, 3.63) is 35.9 Å². The molecule has 2 saturated heterocycles. The first kappa shape index (κ1) is 20.8. The molecular formula is C21H29NO6. The zero-order chi connectivity index (χ0) is 20.6. The maximum absolute atomic E-state index is 13.0. The number of carbonyl (C=O) groups is 2. The minimum atomic E-state index is -0.981. The van der Waals surface area contributed by atoms with Gasteiger partial charge in [-0.1, -0.05) is 44.2 Å². The summed E-state index contributed by atoms with van der Waals surface area (Å²) >= 11 is 0. The Morgan fingerprint density at radius 3 is 2.46 bits per heavy atom. The largest absolute Gasteiger partial charge is 0.439 e. The second-order valence-electron chi connectivity index (χ2n) is 8.17. The summed E-state index contributed by atoms with van der Waals surface area (Å²) in [6, 6.07) is 8.87. The molecule has 1 aromatic carbocycles. The van der Waals surface area contributed by atoms with E-state index in [9.17, 15) is 14.7 Å². The van der Waals surface area contributed by atoms with Gasteiger partial charge >= 0.3 is 6.09 Å². The van der Waals surface area contributed by atoms with Crippen LogP contribution in [0, 0.1) is 11.8 Å². The summed E-state index contributed by atoms with van der Waals surface area (Å²) in [5, 5.41) is 10.8. The highest BCUT2D eigenvalue weighted by Gasteiger charge is 2.47. The van der Waals surface area contributed by atoms with E-state index in [1.807, 2.05) is 51.1 Å². The van der Waals surface area contributed by atoms with Crippen molar-refractivity contribution in [3.63, 3.8) is 0 Å². The highest BCUT2D eigenvalue weighted by Crippen LogP contribution is 2.35. The number of benzene rings is 1. The molecule has 6 atom stereocenters. The van der Waals surface area contributed by atoms with Gasteiger partial charge in [0, 0.05) is 5.92 Å². The Morgan fingerprint density at radius 2 is 1.89 bits per heavy atom. The van der Waals surface area contributed by atoms with Crippen molar-refractivity contribution in [2.75, 3.05) is 6.61 Å². The zero-order valence-electron chi connectivity index (χ0n) is 17.0. The summed E-state index contributed by atoms with van der Waals surface area (Å²) in [4.78, 5) is 26.5. The molecule has 0 spiro atoms. The smallest absolute Gasteiger partial charge is 0.417 e. The maximum Gasteiger partial charge on any atom is 0.417 e. The van der Waals surface area contributed by atoms with Crippen LogP contribution >= 0.6 is 0 Å². The number of amides is 2. The third-order valence-electron chi connectivity index (χ3n) is 5.69. The van der Waals surface area contributed by atoms with Gasteiger partial charge in [-0.25, -0.2) is 9.69 Å². The first-order chi connectivity index (χ1) is 13.1. The van der Waals surface area contributed by atoms with Crippen LogP contribution in [0.4, 0.5) is 4.79 Å². The van der Waals surface area contributed by atoms with Crippen molar-refractivity contribution in [1.82, 2.24) is 4.90 Å². The SMILES string of the molecule is C[C@H]([C@H](O)[C@@H](C)C(=O)N1C(=O)O[C@@H](c2ccccc2)[C@H]1C)[C@@H]1COC(C)(C)O1. The minimum Gasteiger partial charge on any atom is -0.439 e. The van der Waals surface area contributed by atoms with Gasteiger partial charge in [0.1, 0.15) is 6.10 Å². The van der Waals surface area contributed by atoms with Gasteiger partial charge in [-0.15, -0.1) is 0 Å². The highest BCUT2D eigenvalue weighted by molar-refractivity contribution is 5.95. The lowest BCUT2D eigenvalue weighted by Crippen LogP contribution is -2.47. The van der Waals surface area contributed by atoms with Crippen molar-refractivity contribution < 1.29 is 28.9 Å². The monoisotopic (exact) mass is 391 g/mol. The van der Waals surface area contributed by atoms with Crippen LogP contribution in [-0.4, -0.2) is 52.7 Å². The quantitative estimate of drug-likeness (QED) is 0.831. The molecule has 3 rings (SSSR count). The second-order valence-corrected chi connectivity index (χ2v) is 8.17. The molecule has 0 aliphatic carbocycles. The lowest BCUT2D eigenvalue weighted by molar-refractivity contribution is -0.153. The number of nitrogens with zero attached hydrogens (tertiary/aromatic N) is 1. The van der Waals surface area contributed by atoms with Gasteiger partial charge in [0.25, 0.3) is 0 Å². The number of ether oxygens (including phenoxy) is 3. The second kappa shape index (κ2) is 7.81. The van der Waals surface area contributed by atoms with E-state index in [4.69, 9.17) is 14.2 Å². The lowest BCUT2D eigenvalue weighted by Gasteiger charge is -2.30. The summed E-state index contributed by atoms with van der Waals surface area (Å²) in [5.41, 5.74) is 0.832. The Morgan fingerprint density at radius 1 is 1.25 bits per heavy atom. The number of aliphatic hydroxyl groups is 1. The van der Waals surface area contributed by atoms with Gasteiger partial charge in [0.15, 0.2) is 5.79 Å². The topological polar surface area (TPSA) is 85.3 Å². The summed E-state index contributed by atoms with van der Waals surface area (Å²) < 4.78 is 16.8. The van der Waals surface area contributed by atoms with Crippen LogP contribution in [0.3, 0.4) is 0 Å². The maximum atomic E-state index is 13.0. The Kier molecular flexibility index (Phi) is 5.79. The molecule has 2 aliphatic rings. The number of carbonyl (C=O) groups excluding carboxylic acids is 2. The molecule has 0 saturated carbocycles. The number of imide groups is 1. The van der Waals surface area contributed by atoms with Crippen molar-refractivity contribution in [2.24, 2.45) is 11.8 Å². The Hall–Kier alpha value is -1.96. The molecule has 2 heterocycles. The van der Waals surface area contributed by atoms with Crippen LogP contribution < -0.4 is 0 Å². The summed E-state index contributed by atoms with van der Waals surface area (Å²) in [5.74, 6) is -2.28. The number of rotatable bonds is 5. The molecule has 1 N–H and O–H groups in total. The van der Waals surface area contributed by atoms with E-state index in [1.54, 1.807) is 13.8 Å². The van der Waals surface area contributed by atoms with E-state index in [1.165, 1.54) is 0 Å². The van der Waals surface area contributed by atoms with Crippen molar-refractivity contribution in [1.29, 1.82) is 0 Å². The fourth-order valence-electron chi connectivity index (χ4n) is 3.86. The minimum absolute atomic E-state index is 0.319. The van der Waals surface area contributed by atoms with Crippen LogP contribution in [0.15, 0.2) is 30.3 Å². The van der Waals surface area contributed by atoms with Gasteiger partial charge < -0.3 is 19.3 Å². The molecule has 2 fully saturated rings. The fourth-order valence-corrected chi connectivity index (χ4v) is 3.86. The Bertz CT molecular complexity index is 721. The molecule has 0 unspecified atom stereocenters. The van der Waals surface area contributed by atoms with Crippen LogP contribution in [0.5, 0.6) is 0 Å². The van der Waals surface area contributed by atoms with E-state index < -0.39 is 42.0 Å². The Labute approximate surface area is 165 Å². The molecule has 0 bridgehead atoms. The summed E-state index contributed by atoms with van der Waals surface area (Å²) in [6.45, 7) is 9.20. The van der Waals surface area contributed by atoms with E-state index in [-0.39, 0.29) is 12.0 Å². The van der Waals surface area contributed by atoms with Crippen molar-refractivity contribution >= 4 is 12.0 Å². The molecule has 2 aliphatic heterocycles. The van der Waals surface area contributed by atoms with Gasteiger partial charge in [0.05, 0.1) is 30.8 Å². The number of hydrogen-bond donors (Lipinski definition) is 1. The van der Waals surface area contributed by atoms with Crippen LogP contribution in [0.1, 0.15) is 46.3 Å². The average molecular weight is 391 g/mol. The van der Waals surface area contributed by atoms with Crippen molar-refractivity contribution in [3.8, 4) is 0 Å². The summed E-state index contributed by atoms with van der Waals surface area (Å²) in [7, 11) is 0. The van der Waals surface area contributed by atoms with Crippen LogP contribution in [0.25, 0.3) is 0 Å². The lowest BCUT2D eigenvalue weighted by atomic mass is 9.88. The van der Waals surface area contributed by atoms with E-state index in [0.717, 1.165) is 10.5 Å². The molecule has 7 nitrogen and oxygen atoms in total. The van der Waals surface area contributed by atoms with E-state index >= 15 is 0 Å². The summed E-state index contributed by atoms with van der Waals surface area (Å²) in [6.07, 6.45) is -2.50. The van der Waals surface area contributed by atoms with Gasteiger partial charge in [-0.05, 0) is 26.3 Å². The van der Waals surface area contributed by atoms with E-state index in [2.05, 4.69) is 0 Å². The average Bonchev–Trinajstić information content (AvgIpc) is 3.18. The molecule has 28 heavy (non-hydrogen) atoms. The van der Waals surface area contributed by atoms with Gasteiger partial charge in [0.2, 0.25) is 5.91 Å². The predicted octanol–water partition coefficient (Wildman–Crippen LogP) is 2.88. The molecule has 7 heteroatoms. The molecule has 1 aromatic rings. The van der Waals surface area contributed by atoms with Gasteiger partial charge in [-0.3, -0.25) is 4.79 Å². The Balaban J connectivity index is 1.69. The number of hydrogen-bond acceptors (Lipinski definition) is 6. The standard InChI is InChI=1S/C21H29NO6/c1-12(16-11-26-21(4,5)28-16)17(23)13(2)19(24)22-14(3)18(27-20(22)25)15-9-7-6-8-10-15/h6-10,12-14,16-18,23H,11H2,1-5H3/t12-,13+,14+,16-,17-,18+/m0/s1.